The minimum atomic E-state index is -0.285. The van der Waals surface area contributed by atoms with E-state index in [-0.39, 0.29) is 5.91 Å². The van der Waals surface area contributed by atoms with Crippen LogP contribution in [0.3, 0.4) is 0 Å². The lowest BCUT2D eigenvalue weighted by Crippen LogP contribution is -2.15. The van der Waals surface area contributed by atoms with E-state index in [1.165, 1.54) is 6.20 Å². The largest absolute Gasteiger partial charge is 0.362 e. The third kappa shape index (κ3) is 3.40. The molecule has 0 unspecified atom stereocenters. The molecular weight excluding hydrogens is 297 g/mol. The molecule has 20 heavy (non-hydrogen) atoms. The van der Waals surface area contributed by atoms with E-state index in [1.54, 1.807) is 35.2 Å². The summed E-state index contributed by atoms with van der Waals surface area (Å²) in [7, 11) is 3.67. The van der Waals surface area contributed by atoms with E-state index in [1.807, 2.05) is 14.1 Å². The maximum Gasteiger partial charge on any atom is 0.257 e. The number of benzene rings is 1. The van der Waals surface area contributed by atoms with Crippen LogP contribution in [0, 0.1) is 0 Å². The van der Waals surface area contributed by atoms with Gasteiger partial charge in [0.25, 0.3) is 5.91 Å². The molecule has 0 aliphatic rings. The molecule has 0 aliphatic heterocycles. The van der Waals surface area contributed by atoms with Gasteiger partial charge < -0.3 is 10.2 Å². The second kappa shape index (κ2) is 6.11. The smallest absolute Gasteiger partial charge is 0.257 e. The van der Waals surface area contributed by atoms with E-state index in [9.17, 15) is 4.79 Å². The number of hydrogen-bond donors (Lipinski definition) is 1. The van der Waals surface area contributed by atoms with Crippen LogP contribution < -0.4 is 10.2 Å². The van der Waals surface area contributed by atoms with Gasteiger partial charge in [-0.3, -0.25) is 4.79 Å². The lowest BCUT2D eigenvalue weighted by atomic mass is 10.2. The van der Waals surface area contributed by atoms with Gasteiger partial charge in [0.15, 0.2) is 0 Å². The highest BCUT2D eigenvalue weighted by molar-refractivity contribution is 6.33. The highest BCUT2D eigenvalue weighted by atomic mass is 35.5. The lowest BCUT2D eigenvalue weighted by Gasteiger charge is -2.13. The van der Waals surface area contributed by atoms with Gasteiger partial charge in [0.2, 0.25) is 0 Å². The van der Waals surface area contributed by atoms with Crippen molar-refractivity contribution in [3.05, 3.63) is 52.1 Å². The number of nitrogens with one attached hydrogen (secondary N) is 1. The Hall–Kier alpha value is -1.78. The van der Waals surface area contributed by atoms with Gasteiger partial charge in [-0.1, -0.05) is 29.3 Å². The Bertz CT molecular complexity index is 644. The van der Waals surface area contributed by atoms with Crippen molar-refractivity contribution in [1.82, 2.24) is 4.98 Å². The number of nitrogens with zero attached hydrogens (tertiary/aromatic N) is 2. The highest BCUT2D eigenvalue weighted by Gasteiger charge is 2.11. The SMILES string of the molecule is CN(C)c1ncc(C(=O)Nc2cccc(Cl)c2)cc1Cl. The monoisotopic (exact) mass is 309 g/mol. The summed E-state index contributed by atoms with van der Waals surface area (Å²) in [6.07, 6.45) is 1.49. The molecule has 0 saturated heterocycles. The van der Waals surface area contributed by atoms with E-state index in [4.69, 9.17) is 23.2 Å². The van der Waals surface area contributed by atoms with Gasteiger partial charge in [-0.15, -0.1) is 0 Å². The molecule has 0 saturated carbocycles. The maximum absolute atomic E-state index is 12.1. The molecule has 1 amide bonds. The number of halogens is 2. The van der Waals surface area contributed by atoms with Gasteiger partial charge in [0.1, 0.15) is 5.82 Å². The third-order valence-electron chi connectivity index (χ3n) is 2.59. The van der Waals surface area contributed by atoms with Crippen LogP contribution in [-0.2, 0) is 0 Å². The topological polar surface area (TPSA) is 45.2 Å². The molecule has 0 bridgehead atoms. The lowest BCUT2D eigenvalue weighted by molar-refractivity contribution is 0.102. The predicted octanol–water partition coefficient (Wildman–Crippen LogP) is 3.71. The fourth-order valence-electron chi connectivity index (χ4n) is 1.65. The van der Waals surface area contributed by atoms with Crippen LogP contribution in [0.1, 0.15) is 10.4 Å². The van der Waals surface area contributed by atoms with Crippen molar-refractivity contribution in [3.8, 4) is 0 Å². The van der Waals surface area contributed by atoms with Crippen molar-refractivity contribution in [2.75, 3.05) is 24.3 Å². The van der Waals surface area contributed by atoms with Gasteiger partial charge in [0.05, 0.1) is 10.6 Å². The Morgan fingerprint density at radius 2 is 2.00 bits per heavy atom. The van der Waals surface area contributed by atoms with Gasteiger partial charge >= 0.3 is 0 Å². The zero-order chi connectivity index (χ0) is 14.7. The summed E-state index contributed by atoms with van der Waals surface area (Å²) in [6, 6.07) is 8.51. The number of hydrogen-bond acceptors (Lipinski definition) is 3. The molecule has 0 aliphatic carbocycles. The molecule has 1 aromatic heterocycles. The van der Waals surface area contributed by atoms with Crippen molar-refractivity contribution >= 4 is 40.6 Å². The van der Waals surface area contributed by atoms with Crippen LogP contribution in [0.25, 0.3) is 0 Å². The minimum Gasteiger partial charge on any atom is -0.362 e. The fourth-order valence-corrected chi connectivity index (χ4v) is 2.18. The Morgan fingerprint density at radius 1 is 1.25 bits per heavy atom. The molecule has 2 rings (SSSR count). The quantitative estimate of drug-likeness (QED) is 0.940. The number of pyridine rings is 1. The van der Waals surface area contributed by atoms with E-state index in [0.29, 0.717) is 27.1 Å². The second-order valence-corrected chi connectivity index (χ2v) is 5.23. The first kappa shape index (κ1) is 14.6. The van der Waals surface area contributed by atoms with Crippen LogP contribution >= 0.6 is 23.2 Å². The predicted molar refractivity (Wildman–Crippen MR) is 83.0 cm³/mol. The first-order chi connectivity index (χ1) is 9.47. The molecule has 1 N–H and O–H groups in total. The molecule has 1 heterocycles. The van der Waals surface area contributed by atoms with Gasteiger partial charge in [0, 0.05) is 31.0 Å². The maximum atomic E-state index is 12.1. The van der Waals surface area contributed by atoms with Gasteiger partial charge in [-0.25, -0.2) is 4.98 Å². The number of aromatic nitrogens is 1. The molecule has 0 atom stereocenters. The van der Waals surface area contributed by atoms with Crippen LogP contribution in [0.4, 0.5) is 11.5 Å². The molecule has 0 fully saturated rings. The number of carbonyl (C=O) groups is 1. The zero-order valence-electron chi connectivity index (χ0n) is 11.0. The van der Waals surface area contributed by atoms with E-state index in [0.717, 1.165) is 0 Å². The molecular formula is C14H13Cl2N3O. The molecule has 1 aromatic carbocycles. The van der Waals surface area contributed by atoms with E-state index >= 15 is 0 Å². The molecule has 104 valence electrons. The molecule has 0 spiro atoms. The van der Waals surface area contributed by atoms with Crippen molar-refractivity contribution in [2.45, 2.75) is 0 Å². The molecule has 2 aromatic rings. The first-order valence-electron chi connectivity index (χ1n) is 5.87. The first-order valence-corrected chi connectivity index (χ1v) is 6.63. The van der Waals surface area contributed by atoms with Crippen LogP contribution in [0.2, 0.25) is 10.0 Å². The van der Waals surface area contributed by atoms with Crippen molar-refractivity contribution in [3.63, 3.8) is 0 Å². The van der Waals surface area contributed by atoms with Crippen molar-refractivity contribution in [1.29, 1.82) is 0 Å². The Balaban J connectivity index is 2.19. The van der Waals surface area contributed by atoms with E-state index in [2.05, 4.69) is 10.3 Å². The number of carbonyl (C=O) groups excluding carboxylic acids is 1. The van der Waals surface area contributed by atoms with Crippen molar-refractivity contribution in [2.24, 2.45) is 0 Å². The average Bonchev–Trinajstić information content (AvgIpc) is 2.38. The van der Waals surface area contributed by atoms with Crippen LogP contribution in [0.15, 0.2) is 36.5 Å². The van der Waals surface area contributed by atoms with Gasteiger partial charge in [-0.2, -0.15) is 0 Å². The molecule has 4 nitrogen and oxygen atoms in total. The summed E-state index contributed by atoms with van der Waals surface area (Å²) in [6.45, 7) is 0. The average molecular weight is 310 g/mol. The summed E-state index contributed by atoms with van der Waals surface area (Å²) in [5.74, 6) is 0.331. The summed E-state index contributed by atoms with van der Waals surface area (Å²) < 4.78 is 0. The Labute approximate surface area is 127 Å². The summed E-state index contributed by atoms with van der Waals surface area (Å²) in [5.41, 5.74) is 1.01. The van der Waals surface area contributed by atoms with Crippen LogP contribution in [0.5, 0.6) is 0 Å². The Morgan fingerprint density at radius 3 is 2.60 bits per heavy atom. The fraction of sp³-hybridized carbons (Fsp3) is 0.143. The summed E-state index contributed by atoms with van der Waals surface area (Å²) in [5, 5.41) is 3.72. The molecule has 6 heteroatoms. The molecule has 0 radical (unpaired) electrons. The zero-order valence-corrected chi connectivity index (χ0v) is 12.5. The summed E-state index contributed by atoms with van der Waals surface area (Å²) >= 11 is 12.0. The number of anilines is 2. The standard InChI is InChI=1S/C14H13Cl2N3O/c1-19(2)13-12(16)6-9(8-17-13)14(20)18-11-5-3-4-10(15)7-11/h3-8H,1-2H3,(H,18,20). The minimum absolute atomic E-state index is 0.285. The normalized spacial score (nSPS) is 10.2. The van der Waals surface area contributed by atoms with Crippen LogP contribution in [-0.4, -0.2) is 25.0 Å². The summed E-state index contributed by atoms with van der Waals surface area (Å²) in [4.78, 5) is 18.0. The third-order valence-corrected chi connectivity index (χ3v) is 3.10. The van der Waals surface area contributed by atoms with Gasteiger partial charge in [-0.05, 0) is 24.3 Å². The second-order valence-electron chi connectivity index (χ2n) is 4.39. The number of rotatable bonds is 3. The van der Waals surface area contributed by atoms with E-state index < -0.39 is 0 Å². The number of amides is 1. The highest BCUT2D eigenvalue weighted by Crippen LogP contribution is 2.23. The van der Waals surface area contributed by atoms with Crippen molar-refractivity contribution < 1.29 is 4.79 Å². The Kier molecular flexibility index (Phi) is 4.47.